The molecule has 19 heavy (non-hydrogen) atoms. The Morgan fingerprint density at radius 3 is 2.84 bits per heavy atom. The first-order valence-electron chi connectivity index (χ1n) is 5.87. The van der Waals surface area contributed by atoms with Gasteiger partial charge >= 0.3 is 12.0 Å². The summed E-state index contributed by atoms with van der Waals surface area (Å²) >= 11 is 1.63. The first-order valence-corrected chi connectivity index (χ1v) is 6.75. The van der Waals surface area contributed by atoms with E-state index in [4.69, 9.17) is 5.11 Å². The van der Waals surface area contributed by atoms with Gasteiger partial charge in [-0.3, -0.25) is 0 Å². The highest BCUT2D eigenvalue weighted by atomic mass is 32.1. The van der Waals surface area contributed by atoms with Gasteiger partial charge in [-0.15, -0.1) is 11.3 Å². The number of urea groups is 1. The minimum atomic E-state index is -1.04. The van der Waals surface area contributed by atoms with Gasteiger partial charge < -0.3 is 15.7 Å². The molecule has 100 valence electrons. The molecule has 6 heteroatoms. The molecule has 1 heterocycles. The zero-order chi connectivity index (χ0) is 13.8. The smallest absolute Gasteiger partial charge is 0.326 e. The third kappa shape index (κ3) is 3.23. The molecule has 1 aromatic carbocycles. The van der Waals surface area contributed by atoms with Crippen LogP contribution in [0.5, 0.6) is 0 Å². The summed E-state index contributed by atoms with van der Waals surface area (Å²) in [7, 11) is 0. The number of thiophene rings is 1. The van der Waals surface area contributed by atoms with Crippen molar-refractivity contribution < 1.29 is 14.7 Å². The number of hydrogen-bond donors (Lipinski definition) is 3. The van der Waals surface area contributed by atoms with Crippen LogP contribution in [0.25, 0.3) is 10.1 Å². The van der Waals surface area contributed by atoms with Gasteiger partial charge in [0.05, 0.1) is 0 Å². The number of benzene rings is 1. The Balaban J connectivity index is 2.03. The topological polar surface area (TPSA) is 78.4 Å². The van der Waals surface area contributed by atoms with Crippen LogP contribution in [-0.2, 0) is 4.79 Å². The zero-order valence-corrected chi connectivity index (χ0v) is 11.2. The molecule has 0 unspecified atom stereocenters. The number of amides is 2. The lowest BCUT2D eigenvalue weighted by Crippen LogP contribution is -2.42. The average Bonchev–Trinajstić information content (AvgIpc) is 2.82. The molecule has 0 aliphatic rings. The van der Waals surface area contributed by atoms with E-state index in [0.717, 1.165) is 10.1 Å². The standard InChI is InChI=1S/C13H14N2O3S/c1-2-10(12(16)17)15-13(18)14-9-3-4-11-8(7-9)5-6-19-11/h3-7,10H,2H2,1H3,(H,16,17)(H2,14,15,18)/t10-/m1/s1. The monoisotopic (exact) mass is 278 g/mol. The van der Waals surface area contributed by atoms with Crippen molar-refractivity contribution in [3.05, 3.63) is 29.6 Å². The zero-order valence-electron chi connectivity index (χ0n) is 10.3. The molecule has 1 atom stereocenters. The number of hydrogen-bond acceptors (Lipinski definition) is 3. The van der Waals surface area contributed by atoms with Crippen LogP contribution in [-0.4, -0.2) is 23.1 Å². The Morgan fingerprint density at radius 1 is 1.37 bits per heavy atom. The summed E-state index contributed by atoms with van der Waals surface area (Å²) in [6.45, 7) is 1.70. The number of rotatable bonds is 4. The van der Waals surface area contributed by atoms with E-state index >= 15 is 0 Å². The highest BCUT2D eigenvalue weighted by Gasteiger charge is 2.17. The van der Waals surface area contributed by atoms with Crippen molar-refractivity contribution in [2.45, 2.75) is 19.4 Å². The third-order valence-electron chi connectivity index (χ3n) is 2.72. The highest BCUT2D eigenvalue weighted by molar-refractivity contribution is 7.17. The van der Waals surface area contributed by atoms with Crippen molar-refractivity contribution in [3.63, 3.8) is 0 Å². The minimum Gasteiger partial charge on any atom is -0.480 e. The number of nitrogens with one attached hydrogen (secondary N) is 2. The van der Waals surface area contributed by atoms with Gasteiger partial charge in [-0.25, -0.2) is 9.59 Å². The second kappa shape index (κ2) is 5.71. The van der Waals surface area contributed by atoms with E-state index in [0.29, 0.717) is 12.1 Å². The molecule has 0 aliphatic heterocycles. The van der Waals surface area contributed by atoms with Gasteiger partial charge in [0.15, 0.2) is 0 Å². The Hall–Kier alpha value is -2.08. The van der Waals surface area contributed by atoms with Crippen molar-refractivity contribution in [2.24, 2.45) is 0 Å². The van der Waals surface area contributed by atoms with Gasteiger partial charge in [0.2, 0.25) is 0 Å². The van der Waals surface area contributed by atoms with E-state index in [1.807, 2.05) is 23.6 Å². The molecule has 0 spiro atoms. The van der Waals surface area contributed by atoms with Crippen molar-refractivity contribution in [2.75, 3.05) is 5.32 Å². The quantitative estimate of drug-likeness (QED) is 0.804. The Morgan fingerprint density at radius 2 is 2.16 bits per heavy atom. The third-order valence-corrected chi connectivity index (χ3v) is 3.62. The first-order chi connectivity index (χ1) is 9.10. The molecular weight excluding hydrogens is 264 g/mol. The van der Waals surface area contributed by atoms with Crippen LogP contribution >= 0.6 is 11.3 Å². The minimum absolute atomic E-state index is 0.340. The molecule has 1 aromatic heterocycles. The number of aliphatic carboxylic acids is 1. The summed E-state index contributed by atoms with van der Waals surface area (Å²) in [6.07, 6.45) is 0.340. The summed E-state index contributed by atoms with van der Waals surface area (Å²) in [6, 6.07) is 6.15. The molecule has 0 fully saturated rings. The molecule has 2 rings (SSSR count). The summed E-state index contributed by atoms with van der Waals surface area (Å²) in [5, 5.41) is 16.9. The van der Waals surface area contributed by atoms with Gasteiger partial charge in [-0.1, -0.05) is 6.92 Å². The van der Waals surface area contributed by atoms with E-state index in [9.17, 15) is 9.59 Å². The fraction of sp³-hybridized carbons (Fsp3) is 0.231. The van der Waals surface area contributed by atoms with Crippen molar-refractivity contribution >= 4 is 39.1 Å². The van der Waals surface area contributed by atoms with Gasteiger partial charge in [0, 0.05) is 10.4 Å². The number of carboxylic acids is 1. The van der Waals surface area contributed by atoms with Gasteiger partial charge in [-0.05, 0) is 41.5 Å². The number of carboxylic acid groups (broad SMARTS) is 1. The Bertz CT molecular complexity index is 609. The second-order valence-corrected chi connectivity index (χ2v) is 5.02. The molecule has 3 N–H and O–H groups in total. The molecular formula is C13H14N2O3S. The van der Waals surface area contributed by atoms with E-state index in [2.05, 4.69) is 10.6 Å². The molecule has 0 aliphatic carbocycles. The van der Waals surface area contributed by atoms with Crippen LogP contribution in [0, 0.1) is 0 Å². The number of anilines is 1. The highest BCUT2D eigenvalue weighted by Crippen LogP contribution is 2.23. The maximum absolute atomic E-state index is 11.7. The second-order valence-electron chi connectivity index (χ2n) is 4.07. The average molecular weight is 278 g/mol. The maximum atomic E-state index is 11.7. The largest absolute Gasteiger partial charge is 0.480 e. The fourth-order valence-electron chi connectivity index (χ4n) is 1.71. The van der Waals surface area contributed by atoms with Crippen LogP contribution in [0.3, 0.4) is 0 Å². The van der Waals surface area contributed by atoms with E-state index in [1.165, 1.54) is 0 Å². The molecule has 5 nitrogen and oxygen atoms in total. The van der Waals surface area contributed by atoms with Crippen molar-refractivity contribution in [1.29, 1.82) is 0 Å². The normalized spacial score (nSPS) is 12.1. The maximum Gasteiger partial charge on any atom is 0.326 e. The van der Waals surface area contributed by atoms with Crippen LogP contribution in [0.4, 0.5) is 10.5 Å². The predicted molar refractivity (Wildman–Crippen MR) is 75.7 cm³/mol. The summed E-state index contributed by atoms with van der Waals surface area (Å²) in [5.74, 6) is -1.04. The van der Waals surface area contributed by atoms with Gasteiger partial charge in [0.25, 0.3) is 0 Å². The van der Waals surface area contributed by atoms with Crippen molar-refractivity contribution in [1.82, 2.24) is 5.32 Å². The lowest BCUT2D eigenvalue weighted by molar-refractivity contribution is -0.139. The van der Waals surface area contributed by atoms with Gasteiger partial charge in [0.1, 0.15) is 6.04 Å². The van der Waals surface area contributed by atoms with Crippen molar-refractivity contribution in [3.8, 4) is 0 Å². The Labute approximate surface area is 114 Å². The molecule has 2 amide bonds. The van der Waals surface area contributed by atoms with Crippen LogP contribution < -0.4 is 10.6 Å². The van der Waals surface area contributed by atoms with Crippen LogP contribution in [0.1, 0.15) is 13.3 Å². The van der Waals surface area contributed by atoms with E-state index in [1.54, 1.807) is 24.3 Å². The molecule has 0 saturated carbocycles. The number of carbonyl (C=O) groups excluding carboxylic acids is 1. The molecule has 0 bridgehead atoms. The predicted octanol–water partition coefficient (Wildman–Crippen LogP) is 2.89. The molecule has 2 aromatic rings. The summed E-state index contributed by atoms with van der Waals surface area (Å²) in [5.41, 5.74) is 0.642. The number of fused-ring (bicyclic) bond motifs is 1. The van der Waals surface area contributed by atoms with Gasteiger partial charge in [-0.2, -0.15) is 0 Å². The summed E-state index contributed by atoms with van der Waals surface area (Å²) < 4.78 is 1.14. The van der Waals surface area contributed by atoms with E-state index in [-0.39, 0.29) is 0 Å². The SMILES string of the molecule is CC[C@@H](NC(=O)Nc1ccc2sccc2c1)C(=O)O. The molecule has 0 radical (unpaired) electrons. The lowest BCUT2D eigenvalue weighted by atomic mass is 10.2. The molecule has 0 saturated heterocycles. The van der Waals surface area contributed by atoms with Crippen LogP contribution in [0.2, 0.25) is 0 Å². The van der Waals surface area contributed by atoms with E-state index < -0.39 is 18.0 Å². The first kappa shape index (κ1) is 13.4. The Kier molecular flexibility index (Phi) is 4.01. The summed E-state index contributed by atoms with van der Waals surface area (Å²) in [4.78, 5) is 22.5. The van der Waals surface area contributed by atoms with Crippen LogP contribution in [0.15, 0.2) is 29.6 Å². The lowest BCUT2D eigenvalue weighted by Gasteiger charge is -2.13. The fourth-order valence-corrected chi connectivity index (χ4v) is 2.48. The number of carbonyl (C=O) groups is 2.